The highest BCUT2D eigenvalue weighted by atomic mass is 16.2. The van der Waals surface area contributed by atoms with Gasteiger partial charge >= 0.3 is 0 Å². The predicted octanol–water partition coefficient (Wildman–Crippen LogP) is 0.235. The molecule has 0 aromatic rings. The summed E-state index contributed by atoms with van der Waals surface area (Å²) in [7, 11) is 0. The van der Waals surface area contributed by atoms with Gasteiger partial charge in [0.25, 0.3) is 0 Å². The first-order valence-corrected chi connectivity index (χ1v) is 5.56. The smallest absolute Gasteiger partial charge is 0.222 e. The van der Waals surface area contributed by atoms with Gasteiger partial charge in [0.05, 0.1) is 0 Å². The molecule has 1 aliphatic carbocycles. The Morgan fingerprint density at radius 1 is 1.27 bits per heavy atom. The number of hydrogen-bond acceptors (Lipinski definition) is 2. The minimum atomic E-state index is 0.0511. The zero-order valence-corrected chi connectivity index (χ0v) is 9.49. The predicted molar refractivity (Wildman–Crippen MR) is 56.0 cm³/mol. The molecule has 2 amide bonds. The average Bonchev–Trinajstić information content (AvgIpc) is 2.62. The van der Waals surface area contributed by atoms with Gasteiger partial charge in [-0.15, -0.1) is 0 Å². The fraction of sp³-hybridized carbons (Fsp3) is 0.818. The molecule has 1 aliphatic heterocycles. The van der Waals surface area contributed by atoms with Crippen LogP contribution in [0.2, 0.25) is 0 Å². The maximum atomic E-state index is 11.4. The van der Waals surface area contributed by atoms with Crippen LogP contribution in [0.5, 0.6) is 0 Å². The summed E-state index contributed by atoms with van der Waals surface area (Å²) in [6, 6.07) is 0.329. The maximum Gasteiger partial charge on any atom is 0.222 e. The van der Waals surface area contributed by atoms with E-state index in [1.165, 1.54) is 0 Å². The lowest BCUT2D eigenvalue weighted by atomic mass is 10.2. The van der Waals surface area contributed by atoms with Crippen LogP contribution in [0.3, 0.4) is 0 Å². The lowest BCUT2D eigenvalue weighted by Crippen LogP contribution is -2.37. The Labute approximate surface area is 90.0 Å². The highest BCUT2D eigenvalue weighted by molar-refractivity contribution is 5.79. The largest absolute Gasteiger partial charge is 0.352 e. The molecule has 1 saturated heterocycles. The lowest BCUT2D eigenvalue weighted by Gasteiger charge is -2.18. The van der Waals surface area contributed by atoms with Crippen molar-refractivity contribution in [2.45, 2.75) is 26.8 Å². The van der Waals surface area contributed by atoms with Gasteiger partial charge in [0.1, 0.15) is 0 Å². The molecule has 0 aromatic carbocycles. The molecule has 3 atom stereocenters. The Morgan fingerprint density at radius 2 is 1.80 bits per heavy atom. The van der Waals surface area contributed by atoms with Crippen molar-refractivity contribution in [1.29, 1.82) is 0 Å². The summed E-state index contributed by atoms with van der Waals surface area (Å²) < 4.78 is 0. The van der Waals surface area contributed by atoms with Gasteiger partial charge in [0, 0.05) is 43.8 Å². The van der Waals surface area contributed by atoms with Crippen molar-refractivity contribution in [3.63, 3.8) is 0 Å². The molecule has 84 valence electrons. The number of piperidine rings is 1. The van der Waals surface area contributed by atoms with E-state index in [-0.39, 0.29) is 17.7 Å². The molecule has 1 saturated carbocycles. The molecule has 0 bridgehead atoms. The summed E-state index contributed by atoms with van der Waals surface area (Å²) in [4.78, 5) is 24.4. The van der Waals surface area contributed by atoms with Gasteiger partial charge in [0.2, 0.25) is 11.8 Å². The molecule has 0 radical (unpaired) electrons. The molecule has 2 fully saturated rings. The van der Waals surface area contributed by atoms with Crippen LogP contribution < -0.4 is 5.32 Å². The van der Waals surface area contributed by atoms with Crippen molar-refractivity contribution in [2.24, 2.45) is 17.8 Å². The van der Waals surface area contributed by atoms with Crippen LogP contribution in [0.1, 0.15) is 20.8 Å². The Balaban J connectivity index is 1.80. The lowest BCUT2D eigenvalue weighted by molar-refractivity contribution is -0.128. The molecule has 1 N–H and O–H groups in total. The summed E-state index contributed by atoms with van der Waals surface area (Å²) in [5.41, 5.74) is 0. The monoisotopic (exact) mass is 210 g/mol. The number of amides is 2. The number of carbonyl (C=O) groups excluding carboxylic acids is 2. The van der Waals surface area contributed by atoms with Crippen LogP contribution in [0.25, 0.3) is 0 Å². The van der Waals surface area contributed by atoms with E-state index in [9.17, 15) is 9.59 Å². The van der Waals surface area contributed by atoms with Gasteiger partial charge in [0.15, 0.2) is 0 Å². The van der Waals surface area contributed by atoms with Crippen LogP contribution in [0, 0.1) is 17.8 Å². The Hall–Kier alpha value is -1.06. The minimum Gasteiger partial charge on any atom is -0.352 e. The van der Waals surface area contributed by atoms with Crippen molar-refractivity contribution in [1.82, 2.24) is 10.2 Å². The molecular formula is C11H18N2O2. The third kappa shape index (κ3) is 1.85. The van der Waals surface area contributed by atoms with Crippen LogP contribution in [-0.2, 0) is 9.59 Å². The van der Waals surface area contributed by atoms with Crippen molar-refractivity contribution in [2.75, 3.05) is 13.1 Å². The van der Waals surface area contributed by atoms with Gasteiger partial charge in [-0.2, -0.15) is 0 Å². The number of rotatable bonds is 2. The number of nitrogens with one attached hydrogen (secondary N) is 1. The van der Waals surface area contributed by atoms with Crippen molar-refractivity contribution < 1.29 is 9.59 Å². The number of carbonyl (C=O) groups is 2. The molecule has 0 aromatic heterocycles. The van der Waals surface area contributed by atoms with E-state index in [1.54, 1.807) is 6.92 Å². The Kier molecular flexibility index (Phi) is 2.44. The summed E-state index contributed by atoms with van der Waals surface area (Å²) in [5, 5.41) is 3.04. The Morgan fingerprint density at radius 3 is 2.20 bits per heavy atom. The first-order chi connectivity index (χ1) is 7.00. The highest BCUT2D eigenvalue weighted by Gasteiger charge is 2.56. The fourth-order valence-electron chi connectivity index (χ4n) is 2.33. The second-order valence-corrected chi connectivity index (χ2v) is 4.94. The van der Waals surface area contributed by atoms with Crippen LogP contribution in [0.15, 0.2) is 0 Å². The molecule has 4 heteroatoms. The van der Waals surface area contributed by atoms with Gasteiger partial charge in [-0.1, -0.05) is 13.8 Å². The highest BCUT2D eigenvalue weighted by Crippen LogP contribution is 2.45. The van der Waals surface area contributed by atoms with Crippen LogP contribution in [0.4, 0.5) is 0 Å². The standard InChI is InChI=1S/C11H18N2O2/c1-6(2)11(15)12-10-8-4-13(7(3)14)5-9(8)10/h6,8-10H,4-5H2,1-3H3,(H,12,15)/t8-,9+,10?. The zero-order chi connectivity index (χ0) is 11.2. The van der Waals surface area contributed by atoms with Gasteiger partial charge < -0.3 is 10.2 Å². The van der Waals surface area contributed by atoms with Crippen LogP contribution >= 0.6 is 0 Å². The van der Waals surface area contributed by atoms with Gasteiger partial charge in [-0.05, 0) is 0 Å². The van der Waals surface area contributed by atoms with E-state index in [0.717, 1.165) is 13.1 Å². The molecule has 1 heterocycles. The molecule has 1 unspecified atom stereocenters. The molecule has 0 spiro atoms. The average molecular weight is 210 g/mol. The first kappa shape index (κ1) is 10.5. The van der Waals surface area contributed by atoms with Crippen molar-refractivity contribution in [3.8, 4) is 0 Å². The Bertz CT molecular complexity index is 289. The third-order valence-corrected chi connectivity index (χ3v) is 3.47. The van der Waals surface area contributed by atoms with Crippen molar-refractivity contribution in [3.05, 3.63) is 0 Å². The van der Waals surface area contributed by atoms with E-state index in [2.05, 4.69) is 5.32 Å². The second-order valence-electron chi connectivity index (χ2n) is 4.94. The van der Waals surface area contributed by atoms with Crippen molar-refractivity contribution >= 4 is 11.8 Å². The molecule has 2 rings (SSSR count). The minimum absolute atomic E-state index is 0.0511. The van der Waals surface area contributed by atoms with Crippen LogP contribution in [-0.4, -0.2) is 35.8 Å². The fourth-order valence-corrected chi connectivity index (χ4v) is 2.33. The van der Waals surface area contributed by atoms with E-state index in [0.29, 0.717) is 17.9 Å². The molecule has 4 nitrogen and oxygen atoms in total. The van der Waals surface area contributed by atoms with E-state index >= 15 is 0 Å². The normalized spacial score (nSPS) is 32.8. The topological polar surface area (TPSA) is 49.4 Å². The molecular weight excluding hydrogens is 192 g/mol. The van der Waals surface area contributed by atoms with E-state index in [1.807, 2.05) is 18.7 Å². The van der Waals surface area contributed by atoms with E-state index < -0.39 is 0 Å². The molecule has 15 heavy (non-hydrogen) atoms. The van der Waals surface area contributed by atoms with Gasteiger partial charge in [-0.3, -0.25) is 9.59 Å². The SMILES string of the molecule is CC(=O)N1C[C@@H]2C(NC(=O)C(C)C)[C@@H]2C1. The maximum absolute atomic E-state index is 11.4. The summed E-state index contributed by atoms with van der Waals surface area (Å²) in [6.45, 7) is 7.04. The first-order valence-electron chi connectivity index (χ1n) is 5.56. The number of nitrogens with zero attached hydrogens (tertiary/aromatic N) is 1. The molecule has 2 aliphatic rings. The summed E-state index contributed by atoms with van der Waals surface area (Å²) in [6.07, 6.45) is 0. The summed E-state index contributed by atoms with van der Waals surface area (Å²) in [5.74, 6) is 1.35. The zero-order valence-electron chi connectivity index (χ0n) is 9.49. The number of likely N-dealkylation sites (tertiary alicyclic amines) is 1. The third-order valence-electron chi connectivity index (χ3n) is 3.47. The van der Waals surface area contributed by atoms with Gasteiger partial charge in [-0.25, -0.2) is 0 Å². The number of fused-ring (bicyclic) bond motifs is 1. The quantitative estimate of drug-likeness (QED) is 0.709. The summed E-state index contributed by atoms with van der Waals surface area (Å²) >= 11 is 0. The van der Waals surface area contributed by atoms with E-state index in [4.69, 9.17) is 0 Å². The second kappa shape index (κ2) is 3.51. The number of hydrogen-bond donors (Lipinski definition) is 1.